The Balaban J connectivity index is 1.65. The molecule has 1 fully saturated rings. The standard InChI is InChI=1S/C24H25F3N2O3/c1-4-14-11-19(24(25,26)27)28-22(30)20(14)23(31)29-21-15-7-5-12(2)9-17(15)32-18-10-13(3)6-8-16(18)21/h5-10,14,19-21H,4,11H2,1-3H3,(H,28,30)(H,29,31). The Morgan fingerprint density at radius 3 is 2.16 bits per heavy atom. The van der Waals surface area contributed by atoms with Crippen molar-refractivity contribution in [2.75, 3.05) is 0 Å². The van der Waals surface area contributed by atoms with Gasteiger partial charge in [0.25, 0.3) is 0 Å². The topological polar surface area (TPSA) is 67.4 Å². The molecule has 0 spiro atoms. The molecule has 8 heteroatoms. The maximum Gasteiger partial charge on any atom is 0.408 e. The number of aryl methyl sites for hydroxylation is 2. The van der Waals surface area contributed by atoms with Crippen LogP contribution in [0.15, 0.2) is 36.4 Å². The van der Waals surface area contributed by atoms with Gasteiger partial charge in [-0.15, -0.1) is 0 Å². The van der Waals surface area contributed by atoms with Gasteiger partial charge >= 0.3 is 6.18 Å². The quantitative estimate of drug-likeness (QED) is 0.672. The van der Waals surface area contributed by atoms with Gasteiger partial charge in [-0.2, -0.15) is 13.2 Å². The number of piperidine rings is 1. The molecule has 0 bridgehead atoms. The van der Waals surface area contributed by atoms with Crippen LogP contribution < -0.4 is 15.4 Å². The fraction of sp³-hybridized carbons (Fsp3) is 0.417. The number of halogens is 3. The van der Waals surface area contributed by atoms with Crippen molar-refractivity contribution in [3.8, 4) is 11.5 Å². The fourth-order valence-electron chi connectivity index (χ4n) is 4.53. The molecule has 2 aliphatic heterocycles. The molecule has 2 aromatic carbocycles. The summed E-state index contributed by atoms with van der Waals surface area (Å²) in [6, 6.07) is 8.75. The highest BCUT2D eigenvalue weighted by Crippen LogP contribution is 2.44. The third-order valence-electron chi connectivity index (χ3n) is 6.28. The first kappa shape index (κ1) is 22.2. The first-order valence-corrected chi connectivity index (χ1v) is 10.6. The number of carbonyl (C=O) groups is 2. The number of benzene rings is 2. The summed E-state index contributed by atoms with van der Waals surface area (Å²) in [6.07, 6.45) is -4.57. The van der Waals surface area contributed by atoms with Crippen LogP contribution in [-0.4, -0.2) is 24.0 Å². The average Bonchev–Trinajstić information content (AvgIpc) is 2.71. The Hall–Kier alpha value is -3.03. The Bertz CT molecular complexity index is 1020. The van der Waals surface area contributed by atoms with Gasteiger partial charge in [-0.1, -0.05) is 37.6 Å². The highest BCUT2D eigenvalue weighted by atomic mass is 19.4. The highest BCUT2D eigenvalue weighted by Gasteiger charge is 2.50. The highest BCUT2D eigenvalue weighted by molar-refractivity contribution is 6.01. The van der Waals surface area contributed by atoms with Gasteiger partial charge in [0.15, 0.2) is 0 Å². The van der Waals surface area contributed by atoms with E-state index in [0.717, 1.165) is 22.3 Å². The van der Waals surface area contributed by atoms with Crippen LogP contribution in [0.1, 0.15) is 48.1 Å². The second kappa shape index (κ2) is 8.15. The summed E-state index contributed by atoms with van der Waals surface area (Å²) in [7, 11) is 0. The molecule has 0 radical (unpaired) electrons. The van der Waals surface area contributed by atoms with Crippen molar-refractivity contribution in [1.82, 2.24) is 10.6 Å². The van der Waals surface area contributed by atoms with Crippen molar-refractivity contribution in [3.63, 3.8) is 0 Å². The van der Waals surface area contributed by atoms with Gasteiger partial charge in [0.1, 0.15) is 23.5 Å². The lowest BCUT2D eigenvalue weighted by Crippen LogP contribution is -2.58. The molecule has 0 saturated carbocycles. The molecule has 1 saturated heterocycles. The number of hydrogen-bond donors (Lipinski definition) is 2. The van der Waals surface area contributed by atoms with E-state index < -0.39 is 41.9 Å². The summed E-state index contributed by atoms with van der Waals surface area (Å²) >= 11 is 0. The summed E-state index contributed by atoms with van der Waals surface area (Å²) in [5.74, 6) is -2.16. The molecule has 3 unspecified atom stereocenters. The van der Waals surface area contributed by atoms with Crippen LogP contribution in [0.4, 0.5) is 13.2 Å². The van der Waals surface area contributed by atoms with E-state index in [2.05, 4.69) is 5.32 Å². The molecule has 5 nitrogen and oxygen atoms in total. The third kappa shape index (κ3) is 4.06. The number of amides is 2. The lowest BCUT2D eigenvalue weighted by Gasteiger charge is -2.37. The lowest BCUT2D eigenvalue weighted by molar-refractivity contribution is -0.176. The summed E-state index contributed by atoms with van der Waals surface area (Å²) in [4.78, 5) is 25.8. The van der Waals surface area contributed by atoms with E-state index in [1.165, 1.54) is 0 Å². The molecule has 32 heavy (non-hydrogen) atoms. The Morgan fingerprint density at radius 1 is 1.09 bits per heavy atom. The largest absolute Gasteiger partial charge is 0.457 e. The minimum absolute atomic E-state index is 0.289. The molecule has 170 valence electrons. The molecule has 2 amide bonds. The number of fused-ring (bicyclic) bond motifs is 2. The lowest BCUT2D eigenvalue weighted by atomic mass is 9.79. The molecule has 3 atom stereocenters. The average molecular weight is 446 g/mol. The zero-order chi connectivity index (χ0) is 23.2. The number of hydrogen-bond acceptors (Lipinski definition) is 3. The van der Waals surface area contributed by atoms with Crippen molar-refractivity contribution in [3.05, 3.63) is 58.7 Å². The van der Waals surface area contributed by atoms with Gasteiger partial charge in [0.05, 0.1) is 6.04 Å². The van der Waals surface area contributed by atoms with Gasteiger partial charge in [-0.25, -0.2) is 0 Å². The van der Waals surface area contributed by atoms with Gasteiger partial charge in [-0.3, -0.25) is 9.59 Å². The van der Waals surface area contributed by atoms with Crippen molar-refractivity contribution in [1.29, 1.82) is 0 Å². The van der Waals surface area contributed by atoms with Crippen molar-refractivity contribution in [2.24, 2.45) is 11.8 Å². The van der Waals surface area contributed by atoms with Crippen LogP contribution in [0.3, 0.4) is 0 Å². The van der Waals surface area contributed by atoms with E-state index in [1.54, 1.807) is 6.92 Å². The molecule has 4 rings (SSSR count). The molecule has 2 aliphatic rings. The summed E-state index contributed by atoms with van der Waals surface area (Å²) in [5.41, 5.74) is 3.44. The zero-order valence-electron chi connectivity index (χ0n) is 18.0. The minimum atomic E-state index is -4.54. The minimum Gasteiger partial charge on any atom is -0.457 e. The summed E-state index contributed by atoms with van der Waals surface area (Å²) in [5, 5.41) is 4.92. The molecular formula is C24H25F3N2O3. The third-order valence-corrected chi connectivity index (χ3v) is 6.28. The van der Waals surface area contributed by atoms with Gasteiger partial charge in [0, 0.05) is 11.1 Å². The van der Waals surface area contributed by atoms with Crippen LogP contribution in [0, 0.1) is 25.7 Å². The normalized spacial score (nSPS) is 22.9. The van der Waals surface area contributed by atoms with E-state index in [1.807, 2.05) is 55.6 Å². The molecule has 2 aromatic rings. The smallest absolute Gasteiger partial charge is 0.408 e. The fourth-order valence-corrected chi connectivity index (χ4v) is 4.53. The maximum atomic E-state index is 13.3. The van der Waals surface area contributed by atoms with Gasteiger partial charge < -0.3 is 15.4 Å². The van der Waals surface area contributed by atoms with E-state index in [0.29, 0.717) is 11.5 Å². The molecule has 2 N–H and O–H groups in total. The first-order valence-electron chi connectivity index (χ1n) is 10.6. The monoisotopic (exact) mass is 446 g/mol. The van der Waals surface area contributed by atoms with E-state index in [4.69, 9.17) is 4.74 Å². The van der Waals surface area contributed by atoms with E-state index in [-0.39, 0.29) is 12.8 Å². The number of nitrogens with one attached hydrogen (secondary N) is 2. The van der Waals surface area contributed by atoms with Gasteiger partial charge in [0.2, 0.25) is 11.8 Å². The Labute approximate surface area is 184 Å². The first-order chi connectivity index (χ1) is 15.1. The predicted molar refractivity (Wildman–Crippen MR) is 112 cm³/mol. The number of rotatable bonds is 3. The zero-order valence-corrected chi connectivity index (χ0v) is 18.0. The van der Waals surface area contributed by atoms with Crippen molar-refractivity contribution in [2.45, 2.75) is 51.9 Å². The Kier molecular flexibility index (Phi) is 5.65. The van der Waals surface area contributed by atoms with Crippen LogP contribution in [-0.2, 0) is 9.59 Å². The summed E-state index contributed by atoms with van der Waals surface area (Å²) < 4.78 is 45.6. The molecular weight excluding hydrogens is 421 g/mol. The van der Waals surface area contributed by atoms with E-state index in [9.17, 15) is 22.8 Å². The molecule has 0 aromatic heterocycles. The number of alkyl halides is 3. The second-order valence-corrected chi connectivity index (χ2v) is 8.61. The van der Waals surface area contributed by atoms with Crippen LogP contribution >= 0.6 is 0 Å². The van der Waals surface area contributed by atoms with Crippen LogP contribution in [0.2, 0.25) is 0 Å². The Morgan fingerprint density at radius 2 is 1.66 bits per heavy atom. The van der Waals surface area contributed by atoms with E-state index >= 15 is 0 Å². The molecule has 2 heterocycles. The second-order valence-electron chi connectivity index (χ2n) is 8.61. The summed E-state index contributed by atoms with van der Waals surface area (Å²) in [6.45, 7) is 5.55. The molecule has 0 aliphatic carbocycles. The van der Waals surface area contributed by atoms with Crippen molar-refractivity contribution >= 4 is 11.8 Å². The van der Waals surface area contributed by atoms with Crippen molar-refractivity contribution < 1.29 is 27.5 Å². The SMILES string of the molecule is CCC1CC(C(F)(F)F)NC(=O)C1C(=O)NC1c2ccc(C)cc2Oc2cc(C)ccc21. The van der Waals surface area contributed by atoms with Crippen LogP contribution in [0.5, 0.6) is 11.5 Å². The van der Waals surface area contributed by atoms with Gasteiger partial charge in [-0.05, 0) is 49.4 Å². The number of carbonyl (C=O) groups excluding carboxylic acids is 2. The maximum absolute atomic E-state index is 13.3. The predicted octanol–water partition coefficient (Wildman–Crippen LogP) is 4.71. The van der Waals surface area contributed by atoms with Crippen LogP contribution in [0.25, 0.3) is 0 Å². The number of ether oxygens (including phenoxy) is 1.